The van der Waals surface area contributed by atoms with E-state index in [4.69, 9.17) is 0 Å². The molecule has 7 heteroatoms. The van der Waals surface area contributed by atoms with E-state index in [9.17, 15) is 9.90 Å². The predicted octanol–water partition coefficient (Wildman–Crippen LogP) is 2.06. The lowest BCUT2D eigenvalue weighted by atomic mass is 10.1. The fraction of sp³-hybridized carbons (Fsp3) is 0.500. The maximum atomic E-state index is 11.7. The van der Waals surface area contributed by atoms with Crippen molar-refractivity contribution < 1.29 is 9.90 Å². The van der Waals surface area contributed by atoms with Gasteiger partial charge in [-0.25, -0.2) is 4.79 Å². The lowest BCUT2D eigenvalue weighted by Crippen LogP contribution is -2.38. The van der Waals surface area contributed by atoms with Crippen molar-refractivity contribution in [3.05, 3.63) is 39.3 Å². The van der Waals surface area contributed by atoms with Gasteiger partial charge in [0.1, 0.15) is 0 Å². The minimum atomic E-state index is -0.660. The molecule has 1 unspecified atom stereocenters. The van der Waals surface area contributed by atoms with Crippen LogP contribution in [0.3, 0.4) is 0 Å². The normalized spacial score (nSPS) is 12.2. The highest BCUT2D eigenvalue weighted by Gasteiger charge is 2.10. The monoisotopic (exact) mass is 336 g/mol. The van der Waals surface area contributed by atoms with E-state index in [1.54, 1.807) is 0 Å². The van der Waals surface area contributed by atoms with Gasteiger partial charge in [-0.05, 0) is 54.6 Å². The number of rotatable bonds is 7. The number of aliphatic hydroxyl groups is 1. The molecule has 0 spiro atoms. The molecule has 1 atom stereocenters. The summed E-state index contributed by atoms with van der Waals surface area (Å²) in [5.74, 6) is 0. The van der Waals surface area contributed by atoms with E-state index in [-0.39, 0.29) is 12.6 Å². The summed E-state index contributed by atoms with van der Waals surface area (Å²) in [5, 5.41) is 23.6. The molecule has 0 saturated heterocycles. The molecule has 0 aromatic carbocycles. The molecule has 23 heavy (non-hydrogen) atoms. The van der Waals surface area contributed by atoms with E-state index in [0.717, 1.165) is 24.1 Å². The van der Waals surface area contributed by atoms with Crippen molar-refractivity contribution in [1.82, 2.24) is 20.4 Å². The van der Waals surface area contributed by atoms with E-state index in [1.807, 2.05) is 35.5 Å². The molecule has 2 heterocycles. The largest absolute Gasteiger partial charge is 0.387 e. The second kappa shape index (κ2) is 8.12. The van der Waals surface area contributed by atoms with Crippen LogP contribution in [-0.2, 0) is 13.5 Å². The summed E-state index contributed by atoms with van der Waals surface area (Å²) in [4.78, 5) is 11.7. The Morgan fingerprint density at radius 3 is 2.83 bits per heavy atom. The minimum absolute atomic E-state index is 0.212. The highest BCUT2D eigenvalue weighted by Crippen LogP contribution is 2.15. The van der Waals surface area contributed by atoms with Crippen LogP contribution in [0.1, 0.15) is 35.0 Å². The number of nitrogens with one attached hydrogen (secondary N) is 2. The Labute approximate surface area is 140 Å². The summed E-state index contributed by atoms with van der Waals surface area (Å²) < 4.78 is 1.89. The molecule has 2 amide bonds. The Morgan fingerprint density at radius 1 is 1.43 bits per heavy atom. The summed E-state index contributed by atoms with van der Waals surface area (Å²) in [6.07, 6.45) is 1.09. The topological polar surface area (TPSA) is 79.2 Å². The molecule has 2 rings (SSSR count). The first-order chi connectivity index (χ1) is 11.0. The van der Waals surface area contributed by atoms with Crippen LogP contribution in [0, 0.1) is 13.8 Å². The number of hydrogen-bond acceptors (Lipinski definition) is 4. The van der Waals surface area contributed by atoms with E-state index in [2.05, 4.69) is 22.7 Å². The molecule has 2 aromatic heterocycles. The Balaban J connectivity index is 1.65. The van der Waals surface area contributed by atoms with Crippen molar-refractivity contribution >= 4 is 17.4 Å². The van der Waals surface area contributed by atoms with E-state index < -0.39 is 6.10 Å². The second-order valence-electron chi connectivity index (χ2n) is 5.59. The van der Waals surface area contributed by atoms with Crippen molar-refractivity contribution in [1.29, 1.82) is 0 Å². The Bertz CT molecular complexity index is 637. The van der Waals surface area contributed by atoms with Gasteiger partial charge < -0.3 is 15.7 Å². The van der Waals surface area contributed by atoms with Crippen molar-refractivity contribution in [2.45, 2.75) is 32.8 Å². The molecule has 0 aliphatic rings. The van der Waals surface area contributed by atoms with Crippen LogP contribution in [0.5, 0.6) is 0 Å². The third kappa shape index (κ3) is 4.80. The second-order valence-corrected chi connectivity index (χ2v) is 6.37. The molecule has 0 aliphatic heterocycles. The number of nitrogens with zero attached hydrogens (tertiary/aromatic N) is 2. The maximum Gasteiger partial charge on any atom is 0.314 e. The third-order valence-corrected chi connectivity index (χ3v) is 4.63. The van der Waals surface area contributed by atoms with Crippen molar-refractivity contribution in [2.75, 3.05) is 13.1 Å². The number of carbonyl (C=O) groups excluding carboxylic acids is 1. The van der Waals surface area contributed by atoms with Crippen molar-refractivity contribution in [3.63, 3.8) is 0 Å². The summed E-state index contributed by atoms with van der Waals surface area (Å²) in [7, 11) is 1.94. The van der Waals surface area contributed by atoms with Crippen molar-refractivity contribution in [2.24, 2.45) is 7.05 Å². The number of carbonyl (C=O) groups is 1. The van der Waals surface area contributed by atoms with E-state index in [1.165, 1.54) is 22.6 Å². The fourth-order valence-corrected chi connectivity index (χ4v) is 3.19. The van der Waals surface area contributed by atoms with Gasteiger partial charge in [-0.15, -0.1) is 0 Å². The standard InChI is InChI=1S/C16H24N4O2S/c1-11-14(12(2)20(3)19-11)5-4-7-17-16(22)18-9-15(21)13-6-8-23-10-13/h6,8,10,15,21H,4-5,7,9H2,1-3H3,(H2,17,18,22). The Hall–Kier alpha value is -1.86. The number of hydrogen-bond donors (Lipinski definition) is 3. The van der Waals surface area contributed by atoms with Gasteiger partial charge in [-0.2, -0.15) is 16.4 Å². The molecular weight excluding hydrogens is 312 g/mol. The van der Waals surface area contributed by atoms with Crippen LogP contribution in [0.15, 0.2) is 16.8 Å². The lowest BCUT2D eigenvalue weighted by Gasteiger charge is -2.11. The van der Waals surface area contributed by atoms with Crippen LogP contribution in [0.2, 0.25) is 0 Å². The van der Waals surface area contributed by atoms with E-state index in [0.29, 0.717) is 6.54 Å². The number of aromatic nitrogens is 2. The fourth-order valence-electron chi connectivity index (χ4n) is 2.48. The van der Waals surface area contributed by atoms with Crippen LogP contribution < -0.4 is 10.6 Å². The smallest absolute Gasteiger partial charge is 0.314 e. The number of thiophene rings is 1. The number of aliphatic hydroxyl groups excluding tert-OH is 1. The zero-order valence-corrected chi connectivity index (χ0v) is 14.6. The molecule has 0 aliphatic carbocycles. The number of aryl methyl sites for hydroxylation is 2. The molecule has 126 valence electrons. The minimum Gasteiger partial charge on any atom is -0.387 e. The molecule has 2 aromatic rings. The molecule has 0 fully saturated rings. The molecule has 3 N–H and O–H groups in total. The van der Waals surface area contributed by atoms with Gasteiger partial charge in [0.05, 0.1) is 11.8 Å². The zero-order chi connectivity index (χ0) is 16.8. The first-order valence-electron chi connectivity index (χ1n) is 7.70. The molecule has 0 saturated carbocycles. The van der Waals surface area contributed by atoms with Crippen molar-refractivity contribution in [3.8, 4) is 0 Å². The summed E-state index contributed by atoms with van der Waals surface area (Å²) in [6, 6.07) is 1.60. The first kappa shape index (κ1) is 17.5. The highest BCUT2D eigenvalue weighted by molar-refractivity contribution is 7.07. The number of urea groups is 1. The van der Waals surface area contributed by atoms with Crippen LogP contribution in [0.4, 0.5) is 4.79 Å². The number of amides is 2. The van der Waals surface area contributed by atoms with Crippen LogP contribution in [-0.4, -0.2) is 34.0 Å². The quantitative estimate of drug-likeness (QED) is 0.677. The van der Waals surface area contributed by atoms with Crippen LogP contribution in [0.25, 0.3) is 0 Å². The summed E-state index contributed by atoms with van der Waals surface area (Å²) >= 11 is 1.53. The predicted molar refractivity (Wildman–Crippen MR) is 91.7 cm³/mol. The maximum absolute atomic E-state index is 11.7. The molecular formula is C16H24N4O2S. The lowest BCUT2D eigenvalue weighted by molar-refractivity contribution is 0.173. The summed E-state index contributed by atoms with van der Waals surface area (Å²) in [6.45, 7) is 4.87. The Morgan fingerprint density at radius 2 is 2.22 bits per heavy atom. The van der Waals surface area contributed by atoms with Gasteiger partial charge in [0.15, 0.2) is 0 Å². The molecule has 6 nitrogen and oxygen atoms in total. The molecule has 0 radical (unpaired) electrons. The average Bonchev–Trinajstić information content (AvgIpc) is 3.13. The van der Waals surface area contributed by atoms with Gasteiger partial charge in [0, 0.05) is 25.8 Å². The third-order valence-electron chi connectivity index (χ3n) is 3.93. The van der Waals surface area contributed by atoms with E-state index >= 15 is 0 Å². The molecule has 0 bridgehead atoms. The van der Waals surface area contributed by atoms with Gasteiger partial charge in [-0.3, -0.25) is 4.68 Å². The van der Waals surface area contributed by atoms with Gasteiger partial charge >= 0.3 is 6.03 Å². The highest BCUT2D eigenvalue weighted by atomic mass is 32.1. The van der Waals surface area contributed by atoms with Crippen LogP contribution >= 0.6 is 11.3 Å². The first-order valence-corrected chi connectivity index (χ1v) is 8.64. The summed E-state index contributed by atoms with van der Waals surface area (Å²) in [5.41, 5.74) is 4.31. The SMILES string of the molecule is Cc1nn(C)c(C)c1CCCNC(=O)NCC(O)c1ccsc1. The van der Waals surface area contributed by atoms with Gasteiger partial charge in [0.2, 0.25) is 0 Å². The average molecular weight is 336 g/mol. The van der Waals surface area contributed by atoms with Gasteiger partial charge in [0.25, 0.3) is 0 Å². The zero-order valence-electron chi connectivity index (χ0n) is 13.8. The van der Waals surface area contributed by atoms with Gasteiger partial charge in [-0.1, -0.05) is 0 Å². The Kier molecular flexibility index (Phi) is 6.18.